The van der Waals surface area contributed by atoms with Gasteiger partial charge in [-0.1, -0.05) is 60.7 Å². The Morgan fingerprint density at radius 1 is 0.864 bits per heavy atom. The monoisotopic (exact) mass is 283 g/mol. The van der Waals surface area contributed by atoms with Crippen molar-refractivity contribution in [2.75, 3.05) is 0 Å². The van der Waals surface area contributed by atoms with E-state index in [-0.39, 0.29) is 0 Å². The average molecular weight is 283 g/mol. The maximum absolute atomic E-state index is 8.97. The van der Waals surface area contributed by atoms with Crippen LogP contribution in [-0.2, 0) is 0 Å². The van der Waals surface area contributed by atoms with Crippen molar-refractivity contribution in [2.24, 2.45) is 4.99 Å². The number of nitriles is 1. The summed E-state index contributed by atoms with van der Waals surface area (Å²) in [4.78, 5) is 8.71. The molecule has 0 radical (unpaired) electrons. The quantitative estimate of drug-likeness (QED) is 0.679. The highest BCUT2D eigenvalue weighted by atomic mass is 14.8. The lowest BCUT2D eigenvalue weighted by Crippen LogP contribution is -2.02. The summed E-state index contributed by atoms with van der Waals surface area (Å²) in [6.07, 6.45) is 1.60. The Morgan fingerprint density at radius 2 is 1.45 bits per heavy atom. The van der Waals surface area contributed by atoms with Gasteiger partial charge in [0.25, 0.3) is 0 Å². The average Bonchev–Trinajstić information content (AvgIpc) is 2.61. The topological polar surface area (TPSA) is 49.0 Å². The van der Waals surface area contributed by atoms with Gasteiger partial charge in [-0.05, 0) is 6.07 Å². The number of aliphatic imine (C=N–C) groups is 1. The minimum Gasteiger partial charge on any atom is -0.248 e. The zero-order valence-electron chi connectivity index (χ0n) is 11.8. The fraction of sp³-hybridized carbons (Fsp3) is 0. The van der Waals surface area contributed by atoms with Crippen LogP contribution in [0.5, 0.6) is 0 Å². The summed E-state index contributed by atoms with van der Waals surface area (Å²) in [6, 6.07) is 25.5. The Bertz CT molecular complexity index is 790. The molecule has 0 amide bonds. The third-order valence-corrected chi connectivity index (χ3v) is 3.19. The van der Waals surface area contributed by atoms with Crippen LogP contribution < -0.4 is 0 Å². The third kappa shape index (κ3) is 3.08. The van der Waals surface area contributed by atoms with Gasteiger partial charge >= 0.3 is 0 Å². The Hall–Kier alpha value is -3.25. The van der Waals surface area contributed by atoms with Crippen LogP contribution in [0.2, 0.25) is 0 Å². The number of nitrogens with zero attached hydrogens (tertiary/aromatic N) is 3. The van der Waals surface area contributed by atoms with Gasteiger partial charge in [0.1, 0.15) is 11.8 Å². The van der Waals surface area contributed by atoms with E-state index >= 15 is 0 Å². The van der Waals surface area contributed by atoms with E-state index in [9.17, 15) is 0 Å². The molecule has 3 heteroatoms. The highest BCUT2D eigenvalue weighted by Gasteiger charge is 2.07. The first-order valence-corrected chi connectivity index (χ1v) is 6.92. The molecular weight excluding hydrogens is 270 g/mol. The summed E-state index contributed by atoms with van der Waals surface area (Å²) in [5.74, 6) is 0. The molecule has 3 nitrogen and oxygen atoms in total. The second kappa shape index (κ2) is 6.47. The molecule has 0 aliphatic heterocycles. The molecule has 104 valence electrons. The van der Waals surface area contributed by atoms with E-state index in [1.54, 1.807) is 18.3 Å². The number of rotatable bonds is 3. The van der Waals surface area contributed by atoms with E-state index in [4.69, 9.17) is 10.3 Å². The largest absolute Gasteiger partial charge is 0.248 e. The first-order valence-electron chi connectivity index (χ1n) is 6.92. The van der Waals surface area contributed by atoms with Gasteiger partial charge in [0.2, 0.25) is 0 Å². The number of hydrogen-bond donors (Lipinski definition) is 0. The molecule has 0 spiro atoms. The lowest BCUT2D eigenvalue weighted by atomic mass is 10.0. The van der Waals surface area contributed by atoms with E-state index in [0.717, 1.165) is 16.8 Å². The van der Waals surface area contributed by atoms with Crippen molar-refractivity contribution >= 4 is 11.4 Å². The standard InChI is InChI=1S/C19H13N3/c20-14-18-13-17(11-12-21-18)22-19(15-7-3-1-4-8-15)16-9-5-2-6-10-16/h1-13H. The van der Waals surface area contributed by atoms with Crippen LogP contribution in [-0.4, -0.2) is 10.7 Å². The summed E-state index contributed by atoms with van der Waals surface area (Å²) in [7, 11) is 0. The predicted octanol–water partition coefficient (Wildman–Crippen LogP) is 4.12. The van der Waals surface area contributed by atoms with Crippen molar-refractivity contribution in [3.05, 3.63) is 95.8 Å². The molecule has 0 saturated heterocycles. The van der Waals surface area contributed by atoms with E-state index in [0.29, 0.717) is 11.4 Å². The first-order chi connectivity index (χ1) is 10.9. The first kappa shape index (κ1) is 13.7. The molecule has 0 unspecified atom stereocenters. The second-order valence-electron chi connectivity index (χ2n) is 4.70. The molecule has 0 atom stereocenters. The van der Waals surface area contributed by atoms with Crippen LogP contribution in [0.4, 0.5) is 5.69 Å². The van der Waals surface area contributed by atoms with Crippen molar-refractivity contribution in [1.82, 2.24) is 4.98 Å². The zero-order chi connectivity index (χ0) is 15.2. The van der Waals surface area contributed by atoms with Crippen LogP contribution >= 0.6 is 0 Å². The molecule has 0 fully saturated rings. The third-order valence-electron chi connectivity index (χ3n) is 3.19. The lowest BCUT2D eigenvalue weighted by Gasteiger charge is -2.07. The van der Waals surface area contributed by atoms with Gasteiger partial charge in [-0.2, -0.15) is 5.26 Å². The Labute approximate surface area is 129 Å². The summed E-state index contributed by atoms with van der Waals surface area (Å²) in [5, 5.41) is 8.97. The van der Waals surface area contributed by atoms with Gasteiger partial charge in [-0.3, -0.25) is 0 Å². The molecule has 2 aromatic carbocycles. The number of pyridine rings is 1. The lowest BCUT2D eigenvalue weighted by molar-refractivity contribution is 1.25. The molecule has 0 aliphatic carbocycles. The summed E-state index contributed by atoms with van der Waals surface area (Å²) >= 11 is 0. The van der Waals surface area contributed by atoms with E-state index in [1.807, 2.05) is 66.7 Å². The fourth-order valence-corrected chi connectivity index (χ4v) is 2.17. The molecule has 1 aromatic heterocycles. The molecule has 3 rings (SSSR count). The zero-order valence-corrected chi connectivity index (χ0v) is 11.8. The Morgan fingerprint density at radius 3 is 2.00 bits per heavy atom. The van der Waals surface area contributed by atoms with Crippen LogP contribution in [0, 0.1) is 11.3 Å². The fourth-order valence-electron chi connectivity index (χ4n) is 2.17. The molecule has 0 N–H and O–H groups in total. The van der Waals surface area contributed by atoms with Crippen molar-refractivity contribution in [2.45, 2.75) is 0 Å². The SMILES string of the molecule is N#Cc1cc(N=C(c2ccccc2)c2ccccc2)ccn1. The van der Waals surface area contributed by atoms with Gasteiger partial charge in [0, 0.05) is 23.4 Å². The summed E-state index contributed by atoms with van der Waals surface area (Å²) in [6.45, 7) is 0. The van der Waals surface area contributed by atoms with Gasteiger partial charge in [-0.25, -0.2) is 9.98 Å². The van der Waals surface area contributed by atoms with Crippen molar-refractivity contribution in [3.63, 3.8) is 0 Å². The van der Waals surface area contributed by atoms with Crippen LogP contribution in [0.1, 0.15) is 16.8 Å². The van der Waals surface area contributed by atoms with Crippen LogP contribution in [0.15, 0.2) is 84.0 Å². The van der Waals surface area contributed by atoms with Gasteiger partial charge in [-0.15, -0.1) is 0 Å². The highest BCUT2D eigenvalue weighted by molar-refractivity contribution is 6.13. The summed E-state index contributed by atoms with van der Waals surface area (Å²) < 4.78 is 0. The van der Waals surface area contributed by atoms with Crippen molar-refractivity contribution in [3.8, 4) is 6.07 Å². The van der Waals surface area contributed by atoms with Crippen molar-refractivity contribution < 1.29 is 0 Å². The van der Waals surface area contributed by atoms with E-state index in [1.165, 1.54) is 0 Å². The predicted molar refractivity (Wildman–Crippen MR) is 87.1 cm³/mol. The minimum absolute atomic E-state index is 0.363. The smallest absolute Gasteiger partial charge is 0.142 e. The second-order valence-corrected chi connectivity index (χ2v) is 4.70. The number of hydrogen-bond acceptors (Lipinski definition) is 3. The van der Waals surface area contributed by atoms with Gasteiger partial charge in [0.05, 0.1) is 11.4 Å². The summed E-state index contributed by atoms with van der Waals surface area (Å²) in [5.41, 5.74) is 4.01. The molecule has 0 aliphatic rings. The molecule has 3 aromatic rings. The van der Waals surface area contributed by atoms with Gasteiger partial charge in [0.15, 0.2) is 0 Å². The van der Waals surface area contributed by atoms with Crippen LogP contribution in [0.3, 0.4) is 0 Å². The molecule has 1 heterocycles. The molecule has 0 bridgehead atoms. The van der Waals surface area contributed by atoms with Crippen LogP contribution in [0.25, 0.3) is 0 Å². The Balaban J connectivity index is 2.13. The minimum atomic E-state index is 0.363. The highest BCUT2D eigenvalue weighted by Crippen LogP contribution is 2.18. The molecular formula is C19H13N3. The van der Waals surface area contributed by atoms with E-state index in [2.05, 4.69) is 4.98 Å². The van der Waals surface area contributed by atoms with Crippen molar-refractivity contribution in [1.29, 1.82) is 5.26 Å². The maximum Gasteiger partial charge on any atom is 0.142 e. The normalized spacial score (nSPS) is 9.77. The number of aromatic nitrogens is 1. The van der Waals surface area contributed by atoms with Gasteiger partial charge < -0.3 is 0 Å². The molecule has 22 heavy (non-hydrogen) atoms. The maximum atomic E-state index is 8.97. The Kier molecular flexibility index (Phi) is 4.03. The molecule has 0 saturated carbocycles. The van der Waals surface area contributed by atoms with E-state index < -0.39 is 0 Å². The number of benzene rings is 2.